The molecule has 0 aliphatic heterocycles. The molecular weight excluding hydrogens is 415 g/mol. The van der Waals surface area contributed by atoms with Crippen LogP contribution in [0.15, 0.2) is 53.7 Å². The fourth-order valence-electron chi connectivity index (χ4n) is 2.06. The molecule has 0 saturated heterocycles. The third kappa shape index (κ3) is 5.16. The van der Waals surface area contributed by atoms with E-state index in [0.717, 1.165) is 0 Å². The molecule has 12 heteroatoms. The van der Waals surface area contributed by atoms with Gasteiger partial charge in [0.05, 0.1) is 16.1 Å². The van der Waals surface area contributed by atoms with Crippen LogP contribution in [0.25, 0.3) is 0 Å². The highest BCUT2D eigenvalue weighted by molar-refractivity contribution is 7.92. The second kappa shape index (κ2) is 7.91. The van der Waals surface area contributed by atoms with Crippen molar-refractivity contribution in [2.24, 2.45) is 0 Å². The molecule has 2 aromatic heterocycles. The summed E-state index contributed by atoms with van der Waals surface area (Å²) in [6.07, 6.45) is 2.94. The molecule has 0 unspecified atom stereocenters. The first-order valence-corrected chi connectivity index (χ1v) is 9.66. The second-order valence-corrected chi connectivity index (χ2v) is 7.78. The molecule has 0 radical (unpaired) electrons. The van der Waals surface area contributed by atoms with Gasteiger partial charge in [0.2, 0.25) is 5.91 Å². The molecule has 0 fully saturated rings. The summed E-state index contributed by atoms with van der Waals surface area (Å²) in [5.41, 5.74) is 0.434. The first-order chi connectivity index (χ1) is 12.8. The van der Waals surface area contributed by atoms with Gasteiger partial charge >= 0.3 is 0 Å². The van der Waals surface area contributed by atoms with E-state index in [2.05, 4.69) is 25.3 Å². The highest BCUT2D eigenvalue weighted by Crippen LogP contribution is 2.17. The maximum absolute atomic E-state index is 12.3. The van der Waals surface area contributed by atoms with E-state index in [9.17, 15) is 13.2 Å². The summed E-state index contributed by atoms with van der Waals surface area (Å²) >= 11 is 11.4. The van der Waals surface area contributed by atoms with Crippen LogP contribution in [0.5, 0.6) is 0 Å². The molecule has 3 aromatic rings. The number of benzene rings is 1. The first kappa shape index (κ1) is 19.1. The maximum Gasteiger partial charge on any atom is 0.263 e. The number of carbonyl (C=O) groups is 1. The lowest BCUT2D eigenvalue weighted by molar-refractivity contribution is -0.116. The van der Waals surface area contributed by atoms with Crippen LogP contribution in [0.3, 0.4) is 0 Å². The lowest BCUT2D eigenvalue weighted by atomic mass is 10.3. The Hall–Kier alpha value is -2.69. The molecule has 0 saturated carbocycles. The molecule has 0 atom stereocenters. The summed E-state index contributed by atoms with van der Waals surface area (Å²) in [6.45, 7) is -0.0242. The minimum absolute atomic E-state index is 0.00360. The molecule has 1 aromatic carbocycles. The zero-order valence-electron chi connectivity index (χ0n) is 13.5. The molecule has 27 heavy (non-hydrogen) atoms. The normalized spacial score (nSPS) is 11.2. The standard InChI is InChI=1S/C15H12Cl2N6O3S/c16-10-7-18-23(8-10)9-15(24)19-11-1-3-12(4-2-11)27(25,26)22-14-6-5-13(17)20-21-14/h1-8H,9H2,(H,19,24)(H,21,22). The molecule has 1 amide bonds. The Morgan fingerprint density at radius 1 is 1.07 bits per heavy atom. The van der Waals surface area contributed by atoms with E-state index in [1.807, 2.05) is 0 Å². The minimum atomic E-state index is -3.85. The van der Waals surface area contributed by atoms with E-state index in [1.165, 1.54) is 53.5 Å². The third-order valence-electron chi connectivity index (χ3n) is 3.23. The van der Waals surface area contributed by atoms with E-state index < -0.39 is 10.0 Å². The van der Waals surface area contributed by atoms with Gasteiger partial charge in [0.15, 0.2) is 11.0 Å². The average molecular weight is 427 g/mol. The third-order valence-corrected chi connectivity index (χ3v) is 4.99. The van der Waals surface area contributed by atoms with Crippen LogP contribution in [0.1, 0.15) is 0 Å². The van der Waals surface area contributed by atoms with Crippen molar-refractivity contribution >= 4 is 50.6 Å². The topological polar surface area (TPSA) is 119 Å². The van der Waals surface area contributed by atoms with Crippen LogP contribution in [0.2, 0.25) is 10.2 Å². The Morgan fingerprint density at radius 3 is 2.41 bits per heavy atom. The van der Waals surface area contributed by atoms with Crippen molar-refractivity contribution in [2.45, 2.75) is 11.4 Å². The second-order valence-electron chi connectivity index (χ2n) is 5.28. The summed E-state index contributed by atoms with van der Waals surface area (Å²) in [5, 5.41) is 14.3. The summed E-state index contributed by atoms with van der Waals surface area (Å²) < 4.78 is 28.3. The Bertz CT molecular complexity index is 1050. The molecule has 9 nitrogen and oxygen atoms in total. The lowest BCUT2D eigenvalue weighted by Crippen LogP contribution is -2.19. The molecule has 0 aliphatic rings. The molecule has 3 rings (SSSR count). The number of hydrogen-bond donors (Lipinski definition) is 2. The van der Waals surface area contributed by atoms with E-state index in [1.54, 1.807) is 0 Å². The van der Waals surface area contributed by atoms with E-state index in [0.29, 0.717) is 10.7 Å². The number of aromatic nitrogens is 4. The lowest BCUT2D eigenvalue weighted by Gasteiger charge is -2.09. The number of nitrogens with one attached hydrogen (secondary N) is 2. The van der Waals surface area contributed by atoms with Crippen LogP contribution < -0.4 is 10.0 Å². The Morgan fingerprint density at radius 2 is 1.81 bits per heavy atom. The van der Waals surface area contributed by atoms with Crippen LogP contribution in [-0.4, -0.2) is 34.3 Å². The number of amides is 1. The zero-order chi connectivity index (χ0) is 19.4. The average Bonchev–Trinajstić information content (AvgIpc) is 3.02. The smallest absolute Gasteiger partial charge is 0.263 e. The van der Waals surface area contributed by atoms with Gasteiger partial charge in [0.25, 0.3) is 10.0 Å². The van der Waals surface area contributed by atoms with E-state index in [4.69, 9.17) is 23.2 Å². The van der Waals surface area contributed by atoms with Gasteiger partial charge in [0, 0.05) is 11.9 Å². The molecule has 0 aliphatic carbocycles. The Labute approximate surface area is 164 Å². The van der Waals surface area contributed by atoms with Crippen LogP contribution >= 0.6 is 23.2 Å². The SMILES string of the molecule is O=C(Cn1cc(Cl)cn1)Nc1ccc(S(=O)(=O)Nc2ccc(Cl)nn2)cc1. The van der Waals surface area contributed by atoms with Crippen LogP contribution in [-0.2, 0) is 21.4 Å². The largest absolute Gasteiger partial charge is 0.324 e. The van der Waals surface area contributed by atoms with Crippen molar-refractivity contribution in [1.29, 1.82) is 0 Å². The Kier molecular flexibility index (Phi) is 5.59. The first-order valence-electron chi connectivity index (χ1n) is 7.42. The predicted molar refractivity (Wildman–Crippen MR) is 100 cm³/mol. The van der Waals surface area contributed by atoms with Crippen LogP contribution in [0, 0.1) is 0 Å². The zero-order valence-corrected chi connectivity index (χ0v) is 15.8. The van der Waals surface area contributed by atoms with Gasteiger partial charge in [-0.15, -0.1) is 10.2 Å². The molecule has 140 valence electrons. The number of halogens is 2. The number of hydrogen-bond acceptors (Lipinski definition) is 6. The minimum Gasteiger partial charge on any atom is -0.324 e. The predicted octanol–water partition coefficient (Wildman–Crippen LogP) is 2.42. The van der Waals surface area contributed by atoms with Crippen molar-refractivity contribution in [1.82, 2.24) is 20.0 Å². The monoisotopic (exact) mass is 426 g/mol. The highest BCUT2D eigenvalue weighted by Gasteiger charge is 2.15. The number of nitrogens with zero attached hydrogens (tertiary/aromatic N) is 4. The summed E-state index contributed by atoms with van der Waals surface area (Å²) in [6, 6.07) is 8.45. The molecule has 2 N–H and O–H groups in total. The number of sulfonamides is 1. The van der Waals surface area contributed by atoms with Gasteiger partial charge < -0.3 is 5.32 Å². The van der Waals surface area contributed by atoms with Crippen molar-refractivity contribution in [3.63, 3.8) is 0 Å². The summed E-state index contributed by atoms with van der Waals surface area (Å²) in [7, 11) is -3.85. The van der Waals surface area contributed by atoms with Gasteiger partial charge in [-0.05, 0) is 36.4 Å². The van der Waals surface area contributed by atoms with Crippen molar-refractivity contribution in [3.8, 4) is 0 Å². The number of rotatable bonds is 6. The molecular formula is C15H12Cl2N6O3S. The fraction of sp³-hybridized carbons (Fsp3) is 0.0667. The molecule has 0 bridgehead atoms. The highest BCUT2D eigenvalue weighted by atomic mass is 35.5. The Balaban J connectivity index is 1.65. The fourth-order valence-corrected chi connectivity index (χ4v) is 3.31. The van der Waals surface area contributed by atoms with Gasteiger partial charge in [-0.2, -0.15) is 5.10 Å². The van der Waals surface area contributed by atoms with Gasteiger partial charge in [0.1, 0.15) is 6.54 Å². The maximum atomic E-state index is 12.3. The molecule has 0 spiro atoms. The quantitative estimate of drug-likeness (QED) is 0.624. The van der Waals surface area contributed by atoms with E-state index >= 15 is 0 Å². The van der Waals surface area contributed by atoms with Gasteiger partial charge in [-0.1, -0.05) is 23.2 Å². The summed E-state index contributed by atoms with van der Waals surface area (Å²) in [5.74, 6) is -0.297. The van der Waals surface area contributed by atoms with Crippen molar-refractivity contribution < 1.29 is 13.2 Å². The van der Waals surface area contributed by atoms with Crippen molar-refractivity contribution in [2.75, 3.05) is 10.0 Å². The van der Waals surface area contributed by atoms with Gasteiger partial charge in [-0.25, -0.2) is 8.42 Å². The van der Waals surface area contributed by atoms with Gasteiger partial charge in [-0.3, -0.25) is 14.2 Å². The van der Waals surface area contributed by atoms with E-state index in [-0.39, 0.29) is 28.3 Å². The molecule has 2 heterocycles. The summed E-state index contributed by atoms with van der Waals surface area (Å²) in [4.78, 5) is 12.0. The number of carbonyl (C=O) groups excluding carboxylic acids is 1. The van der Waals surface area contributed by atoms with Crippen LogP contribution in [0.4, 0.5) is 11.5 Å². The van der Waals surface area contributed by atoms with Crippen molar-refractivity contribution in [3.05, 3.63) is 59.0 Å². The number of anilines is 2.